The van der Waals surface area contributed by atoms with Crippen molar-refractivity contribution in [1.82, 2.24) is 0 Å². The Morgan fingerprint density at radius 1 is 1.40 bits per heavy atom. The highest BCUT2D eigenvalue weighted by Crippen LogP contribution is 2.32. The standard InChI is InChI=1S/C6H4.CH5BO2/c1-2-5-4-6(5)3-1;1-4-2-3/h1-4H;2-3H,1H3. The first-order chi connectivity index (χ1) is 4.88. The zero-order valence-electron chi connectivity index (χ0n) is 5.87. The van der Waals surface area contributed by atoms with Crippen LogP contribution in [0.4, 0.5) is 0 Å². The Labute approximate surface area is 60.8 Å². The van der Waals surface area contributed by atoms with Crippen LogP contribution in [0, 0.1) is 0 Å². The van der Waals surface area contributed by atoms with Gasteiger partial charge in [-0.3, -0.25) is 0 Å². The molecule has 0 fully saturated rings. The van der Waals surface area contributed by atoms with Crippen molar-refractivity contribution in [2.24, 2.45) is 0 Å². The molecule has 0 aliphatic heterocycles. The van der Waals surface area contributed by atoms with Crippen LogP contribution in [0.15, 0.2) is 24.3 Å². The summed E-state index contributed by atoms with van der Waals surface area (Å²) in [5.41, 5.74) is 2.85. The molecule has 1 N–H and O–H groups in total. The van der Waals surface area contributed by atoms with E-state index in [9.17, 15) is 0 Å². The maximum Gasteiger partial charge on any atom is 0.435 e. The van der Waals surface area contributed by atoms with Gasteiger partial charge < -0.3 is 9.68 Å². The van der Waals surface area contributed by atoms with Crippen molar-refractivity contribution in [3.63, 3.8) is 0 Å². The summed E-state index contributed by atoms with van der Waals surface area (Å²) in [6.07, 6.45) is 0. The molecule has 2 nitrogen and oxygen atoms in total. The monoisotopic (exact) mass is 136 g/mol. The molecular formula is C7H9BO2. The van der Waals surface area contributed by atoms with Gasteiger partial charge >= 0.3 is 7.69 Å². The predicted molar refractivity (Wildman–Crippen MR) is 41.8 cm³/mol. The Balaban J connectivity index is 0.000000112. The minimum atomic E-state index is -0.181. The van der Waals surface area contributed by atoms with Gasteiger partial charge in [-0.1, -0.05) is 18.2 Å². The van der Waals surface area contributed by atoms with Crippen molar-refractivity contribution in [3.05, 3.63) is 24.3 Å². The van der Waals surface area contributed by atoms with Crippen molar-refractivity contribution in [1.29, 1.82) is 0 Å². The summed E-state index contributed by atoms with van der Waals surface area (Å²) in [5.74, 6) is 0. The second kappa shape index (κ2) is 3.39. The third kappa shape index (κ3) is 1.86. The van der Waals surface area contributed by atoms with E-state index in [2.05, 4.69) is 28.9 Å². The van der Waals surface area contributed by atoms with Gasteiger partial charge in [0, 0.05) is 7.11 Å². The highest BCUT2D eigenvalue weighted by molar-refractivity contribution is 6.15. The quantitative estimate of drug-likeness (QED) is 0.580. The number of fused-ring (bicyclic) bond motifs is 1. The summed E-state index contributed by atoms with van der Waals surface area (Å²) < 4.78 is 4.10. The van der Waals surface area contributed by atoms with Gasteiger partial charge in [0.2, 0.25) is 0 Å². The number of hydrogen-bond donors (Lipinski definition) is 1. The third-order valence-electron chi connectivity index (χ3n) is 1.24. The van der Waals surface area contributed by atoms with Crippen LogP contribution < -0.4 is 0 Å². The SMILES string of the molecule is COBO.c1cc2cc-2c1. The molecule has 0 saturated heterocycles. The van der Waals surface area contributed by atoms with Crippen molar-refractivity contribution in [3.8, 4) is 11.1 Å². The maximum absolute atomic E-state index is 7.65. The normalized spacial score (nSPS) is 9.40. The van der Waals surface area contributed by atoms with E-state index in [4.69, 9.17) is 5.02 Å². The second-order valence-corrected chi connectivity index (χ2v) is 2.00. The van der Waals surface area contributed by atoms with Gasteiger partial charge in [-0.25, -0.2) is 0 Å². The minimum absolute atomic E-state index is 0.181. The molecule has 0 amide bonds. The van der Waals surface area contributed by atoms with Crippen molar-refractivity contribution in [2.45, 2.75) is 0 Å². The van der Waals surface area contributed by atoms with Crippen LogP contribution in [0.1, 0.15) is 0 Å². The molecule has 0 aromatic rings. The molecule has 2 aliphatic rings. The fourth-order valence-corrected chi connectivity index (χ4v) is 0.676. The van der Waals surface area contributed by atoms with E-state index in [0.717, 1.165) is 0 Å². The van der Waals surface area contributed by atoms with E-state index >= 15 is 0 Å². The molecule has 0 radical (unpaired) electrons. The Hall–Kier alpha value is -0.795. The molecule has 0 atom stereocenters. The van der Waals surface area contributed by atoms with E-state index in [1.165, 1.54) is 18.2 Å². The van der Waals surface area contributed by atoms with Crippen LogP contribution >= 0.6 is 0 Å². The summed E-state index contributed by atoms with van der Waals surface area (Å²) in [5, 5.41) is 7.65. The Morgan fingerprint density at radius 2 is 1.90 bits per heavy atom. The number of benzene rings is 1. The molecule has 0 unspecified atom stereocenters. The molecule has 0 heterocycles. The van der Waals surface area contributed by atoms with Crippen LogP contribution in [-0.4, -0.2) is 19.8 Å². The molecule has 3 heteroatoms. The smallest absolute Gasteiger partial charge is 0.430 e. The second-order valence-electron chi connectivity index (χ2n) is 2.00. The van der Waals surface area contributed by atoms with Crippen LogP contribution in [-0.2, 0) is 4.65 Å². The van der Waals surface area contributed by atoms with Crippen LogP contribution in [0.3, 0.4) is 0 Å². The van der Waals surface area contributed by atoms with E-state index in [1.807, 2.05) is 0 Å². The zero-order valence-corrected chi connectivity index (χ0v) is 5.87. The Bertz CT molecular complexity index is 193. The average Bonchev–Trinajstić information content (AvgIpc) is 2.60. The summed E-state index contributed by atoms with van der Waals surface area (Å²) in [7, 11) is 1.25. The van der Waals surface area contributed by atoms with Gasteiger partial charge in [-0.15, -0.1) is 0 Å². The fraction of sp³-hybridized carbons (Fsp3) is 0.143. The molecule has 0 aromatic carbocycles. The molecule has 0 spiro atoms. The topological polar surface area (TPSA) is 29.5 Å². The van der Waals surface area contributed by atoms with E-state index in [1.54, 1.807) is 0 Å². The first kappa shape index (κ1) is 7.31. The van der Waals surface area contributed by atoms with Crippen LogP contribution in [0.2, 0.25) is 0 Å². The molecule has 2 rings (SSSR count). The van der Waals surface area contributed by atoms with E-state index < -0.39 is 0 Å². The largest absolute Gasteiger partial charge is 0.435 e. The van der Waals surface area contributed by atoms with Gasteiger partial charge in [0.05, 0.1) is 0 Å². The lowest BCUT2D eigenvalue weighted by Gasteiger charge is -1.72. The molecule has 0 aromatic heterocycles. The fourth-order valence-electron chi connectivity index (χ4n) is 0.676. The highest BCUT2D eigenvalue weighted by atomic mass is 16.5. The molecule has 10 heavy (non-hydrogen) atoms. The van der Waals surface area contributed by atoms with Crippen molar-refractivity contribution in [2.75, 3.05) is 7.11 Å². The van der Waals surface area contributed by atoms with Crippen molar-refractivity contribution < 1.29 is 9.68 Å². The average molecular weight is 136 g/mol. The Kier molecular flexibility index (Phi) is 2.48. The summed E-state index contributed by atoms with van der Waals surface area (Å²) in [6, 6.07) is 8.48. The van der Waals surface area contributed by atoms with E-state index in [-0.39, 0.29) is 7.69 Å². The molecule has 0 bridgehead atoms. The predicted octanol–water partition coefficient (Wildman–Crippen LogP) is 0.559. The van der Waals surface area contributed by atoms with Gasteiger partial charge in [-0.05, 0) is 17.2 Å². The zero-order chi connectivity index (χ0) is 7.40. The number of rotatable bonds is 1. The minimum Gasteiger partial charge on any atom is -0.430 e. The lowest BCUT2D eigenvalue weighted by molar-refractivity contribution is 0.360. The summed E-state index contributed by atoms with van der Waals surface area (Å²) in [6.45, 7) is 0. The lowest BCUT2D eigenvalue weighted by Crippen LogP contribution is -1.86. The van der Waals surface area contributed by atoms with Gasteiger partial charge in [-0.2, -0.15) is 0 Å². The van der Waals surface area contributed by atoms with Crippen LogP contribution in [0.25, 0.3) is 11.1 Å². The highest BCUT2D eigenvalue weighted by Gasteiger charge is 2.06. The molecule has 52 valence electrons. The maximum atomic E-state index is 7.65. The summed E-state index contributed by atoms with van der Waals surface area (Å²) >= 11 is 0. The first-order valence-electron chi connectivity index (χ1n) is 3.08. The third-order valence-corrected chi connectivity index (χ3v) is 1.24. The summed E-state index contributed by atoms with van der Waals surface area (Å²) in [4.78, 5) is 0. The molecular weight excluding hydrogens is 127 g/mol. The van der Waals surface area contributed by atoms with E-state index in [0.29, 0.717) is 0 Å². The first-order valence-corrected chi connectivity index (χ1v) is 3.08. The van der Waals surface area contributed by atoms with Crippen molar-refractivity contribution >= 4 is 7.69 Å². The molecule has 0 saturated carbocycles. The lowest BCUT2D eigenvalue weighted by atomic mass is 10.4. The van der Waals surface area contributed by atoms with Crippen LogP contribution in [0.5, 0.6) is 0 Å². The Morgan fingerprint density at radius 3 is 2.00 bits per heavy atom. The van der Waals surface area contributed by atoms with Gasteiger partial charge in [0.25, 0.3) is 0 Å². The number of hydrogen-bond acceptors (Lipinski definition) is 2. The van der Waals surface area contributed by atoms with Gasteiger partial charge in [0.1, 0.15) is 0 Å². The van der Waals surface area contributed by atoms with Gasteiger partial charge in [0.15, 0.2) is 0 Å². The molecule has 2 aliphatic carbocycles.